The van der Waals surface area contributed by atoms with Crippen LogP contribution in [0, 0.1) is 0 Å². The monoisotopic (exact) mass is 1840 g/mol. The van der Waals surface area contributed by atoms with Crippen molar-refractivity contribution in [3.63, 3.8) is 0 Å². The van der Waals surface area contributed by atoms with Crippen LogP contribution < -0.4 is 26.6 Å². The van der Waals surface area contributed by atoms with Gasteiger partial charge in [0, 0.05) is 34.6 Å². The highest BCUT2D eigenvalue weighted by Gasteiger charge is 2.62. The van der Waals surface area contributed by atoms with Crippen molar-refractivity contribution < 1.29 is 252 Å². The van der Waals surface area contributed by atoms with E-state index in [1.54, 1.807) is 0 Å². The van der Waals surface area contributed by atoms with E-state index in [0.29, 0.717) is 0 Å². The molecule has 10 saturated heterocycles. The number of carbonyl (C=O) groups excluding carboxylic acids is 5. The van der Waals surface area contributed by atoms with Crippen molar-refractivity contribution in [2.24, 2.45) is 0 Å². The van der Waals surface area contributed by atoms with E-state index in [-0.39, 0.29) is 0 Å². The fourth-order valence-electron chi connectivity index (χ4n) is 16.4. The van der Waals surface area contributed by atoms with Crippen molar-refractivity contribution >= 4 is 29.5 Å². The average molecular weight is 1840 g/mol. The number of carbonyl (C=O) groups is 5. The highest BCUT2D eigenvalue weighted by Crippen LogP contribution is 2.41. The largest absolute Gasteiger partial charge is 0.394 e. The van der Waals surface area contributed by atoms with Crippen molar-refractivity contribution in [2.75, 3.05) is 66.1 Å². The van der Waals surface area contributed by atoms with Gasteiger partial charge < -0.3 is 254 Å². The molecule has 0 saturated carbocycles. The minimum Gasteiger partial charge on any atom is -0.394 e. The van der Waals surface area contributed by atoms with Crippen LogP contribution in [-0.4, -0.2) is 540 Å². The highest BCUT2D eigenvalue weighted by molar-refractivity contribution is 5.75. The van der Waals surface area contributed by atoms with Gasteiger partial charge in [-0.1, -0.05) is 0 Å². The Morgan fingerprint density at radius 3 is 0.675 bits per heavy atom. The molecule has 0 spiro atoms. The van der Waals surface area contributed by atoms with Crippen molar-refractivity contribution in [1.82, 2.24) is 26.6 Å². The van der Waals surface area contributed by atoms with Gasteiger partial charge >= 0.3 is 0 Å². The fourth-order valence-corrected chi connectivity index (χ4v) is 16.4. The molecule has 10 rings (SSSR count). The molecule has 56 nitrogen and oxygen atoms in total. The second-order valence-corrected chi connectivity index (χ2v) is 31.7. The van der Waals surface area contributed by atoms with Crippen LogP contribution >= 0.6 is 0 Å². The molecular formula is C70H117N5O51. The summed E-state index contributed by atoms with van der Waals surface area (Å²) in [6.07, 6.45) is -90.8. The van der Waals surface area contributed by atoms with Crippen LogP contribution in [0.3, 0.4) is 0 Å². The van der Waals surface area contributed by atoms with Crippen LogP contribution in [0.5, 0.6) is 0 Å². The highest BCUT2D eigenvalue weighted by atomic mass is 16.8. The molecule has 10 heterocycles. The predicted molar refractivity (Wildman–Crippen MR) is 388 cm³/mol. The standard InChI is InChI=1S/C70H117N5O51/c1-16(85)71-31-42(96)53(26(11-81)115-62(31)108-15-30-41(95)57(35(61(107)109-30)75-20(5)89)123-67-49(103)47(101)37(91)22(7-77)111-67)120-68-50(104)58(38(92)23(8-78)112-68)125-64-33(73-18(3)87)44(98)55(28(13-83)117-64)122-70-52(106)60(40(94)25(10-80)114-70)126-65-34(74-19(4)88)45(99)56(29(14-84)118-65)121-69-51(105)59(39(93)24(9-79)113-69)124-63-32(72-17(2)86)43(97)54(27(12-82)116-63)119-66-48(102)46(100)36(90)21(6-76)110-66/h21-70,76-84,90-107H,6-15H2,1-5H3,(H,71,85)(H,72,86)(H,73,87)(H,74,88)(H,75,89)/t21-,22-,23-,24-,25-,26-,27-,28-,29-,30-,31-,32-,33-,34-,35-,36+,37+,38+,39+,40+,41+,42-,43-,44-,45-,46+,47+,48-,49-,50-,51-,52-,53-,54-,55-,56-,57-,58+,59+,60+,61+,62-,63+,64+,65+,66+,67+,68+,69+,70+/m1/s1. The number of aliphatic hydroxyl groups excluding tert-OH is 27. The van der Waals surface area contributed by atoms with Crippen LogP contribution in [-0.2, 0) is 114 Å². The molecule has 0 aromatic carbocycles. The van der Waals surface area contributed by atoms with Gasteiger partial charge in [-0.25, -0.2) is 0 Å². The van der Waals surface area contributed by atoms with Crippen molar-refractivity contribution in [2.45, 2.75) is 341 Å². The molecule has 32 N–H and O–H groups in total. The van der Waals surface area contributed by atoms with E-state index in [0.717, 1.165) is 34.6 Å². The van der Waals surface area contributed by atoms with Crippen LogP contribution in [0.15, 0.2) is 0 Å². The van der Waals surface area contributed by atoms with E-state index < -0.39 is 402 Å². The number of aliphatic hydroxyl groups is 27. The Kier molecular flexibility index (Phi) is 37.4. The maximum atomic E-state index is 13.1. The number of amides is 5. The molecule has 0 bridgehead atoms. The number of hydrogen-bond donors (Lipinski definition) is 32. The Labute approximate surface area is 713 Å². The summed E-state index contributed by atoms with van der Waals surface area (Å²) in [6.45, 7) is -5.84. The third-order valence-electron chi connectivity index (χ3n) is 22.9. The lowest BCUT2D eigenvalue weighted by Gasteiger charge is -2.51. The second kappa shape index (κ2) is 45.5. The van der Waals surface area contributed by atoms with Crippen molar-refractivity contribution in [1.29, 1.82) is 0 Å². The molecule has 0 aliphatic carbocycles. The van der Waals surface area contributed by atoms with E-state index in [9.17, 15) is 162 Å². The number of hydrogen-bond acceptors (Lipinski definition) is 51. The SMILES string of the molecule is CC(=O)N[C@@H]1[C@@H](O[C@@H]2O[C@H](CO)[C@H](O)[C@H](O)[C@H]2O)[C@@H](O)[C@@H](CO[C@@H]2O[C@H](CO)[C@@H](O[C@@H]3O[C@H](CO)[C@H](O)[C@H](O[C@@H]4O[C@H](CO)[C@@H](O[C@@H]5O[C@H](CO)[C@H](O)[C@H](O[C@@H]6O[C@H](CO)[C@@H](O[C@@H]7O[C@H](CO)[C@H](O)[C@H](O[C@@H]8O[C@H](CO)[C@@H](O[C@@H]9O[C@H](CO)[C@H](O)[C@H](O)[C@H]9O)[C@H](O)[C@H]8NC(C)=O)[C@H]7O)[C@H](O)[C@H]6NC(C)=O)[C@H]5O)[C@H](O)[C@H]4NC(C)=O)[C@H]3O)[C@H](O)[C@H]2NC(C)=O)O[C@@H]1O. The van der Waals surface area contributed by atoms with Crippen LogP contribution in [0.25, 0.3) is 0 Å². The molecule has 50 atom stereocenters. The summed E-state index contributed by atoms with van der Waals surface area (Å²) in [4.78, 5) is 63.9. The molecular weight excluding hydrogens is 1730 g/mol. The molecule has 0 radical (unpaired) electrons. The van der Waals surface area contributed by atoms with Gasteiger partial charge in [0.1, 0.15) is 244 Å². The van der Waals surface area contributed by atoms with E-state index in [2.05, 4.69) is 26.6 Å². The van der Waals surface area contributed by atoms with Crippen molar-refractivity contribution in [3.05, 3.63) is 0 Å². The van der Waals surface area contributed by atoms with Gasteiger partial charge in [-0.15, -0.1) is 0 Å². The Morgan fingerprint density at radius 1 is 0.206 bits per heavy atom. The lowest BCUT2D eigenvalue weighted by atomic mass is 9.93. The summed E-state index contributed by atoms with van der Waals surface area (Å²) in [7, 11) is 0. The summed E-state index contributed by atoms with van der Waals surface area (Å²) in [5.74, 6) is -4.51. The number of ether oxygens (including phenoxy) is 19. The summed E-state index contributed by atoms with van der Waals surface area (Å²) >= 11 is 0. The minimum absolute atomic E-state index is 0.803. The molecule has 728 valence electrons. The zero-order valence-electron chi connectivity index (χ0n) is 67.8. The summed E-state index contributed by atoms with van der Waals surface area (Å²) in [5.41, 5.74) is 0. The lowest BCUT2D eigenvalue weighted by Crippen LogP contribution is -2.71. The Hall–Kier alpha value is -4.49. The molecule has 0 unspecified atom stereocenters. The molecule has 10 fully saturated rings. The predicted octanol–water partition coefficient (Wildman–Crippen LogP) is -22.1. The van der Waals surface area contributed by atoms with Gasteiger partial charge in [0.25, 0.3) is 0 Å². The summed E-state index contributed by atoms with van der Waals surface area (Å²) in [6, 6.07) is -9.22. The minimum atomic E-state index is -2.40. The van der Waals surface area contributed by atoms with Gasteiger partial charge in [-0.3, -0.25) is 24.0 Å². The zero-order chi connectivity index (χ0) is 92.8. The van der Waals surface area contributed by atoms with Gasteiger partial charge in [0.2, 0.25) is 29.5 Å². The molecule has 10 aliphatic heterocycles. The molecule has 5 amide bonds. The summed E-state index contributed by atoms with van der Waals surface area (Å²) in [5, 5.41) is 311. The van der Waals surface area contributed by atoms with E-state index in [1.165, 1.54) is 0 Å². The van der Waals surface area contributed by atoms with Crippen molar-refractivity contribution in [3.8, 4) is 0 Å². The Bertz CT molecular complexity index is 3440. The average Bonchev–Trinajstić information content (AvgIpc) is 0.764. The zero-order valence-corrected chi connectivity index (χ0v) is 67.8. The van der Waals surface area contributed by atoms with E-state index >= 15 is 0 Å². The lowest BCUT2D eigenvalue weighted by molar-refractivity contribution is -0.389. The molecule has 56 heteroatoms. The fraction of sp³-hybridized carbons (Fsp3) is 0.929. The molecule has 0 aromatic rings. The molecule has 126 heavy (non-hydrogen) atoms. The molecule has 10 aliphatic rings. The Balaban J connectivity index is 0.814. The third-order valence-corrected chi connectivity index (χ3v) is 22.9. The normalized spacial score (nSPS) is 48.4. The topological polar surface area (TPSA) is 867 Å². The Morgan fingerprint density at radius 2 is 0.413 bits per heavy atom. The van der Waals surface area contributed by atoms with Crippen LogP contribution in [0.4, 0.5) is 0 Å². The smallest absolute Gasteiger partial charge is 0.217 e. The second-order valence-electron chi connectivity index (χ2n) is 31.7. The first kappa shape index (κ1) is 104. The van der Waals surface area contributed by atoms with Crippen LogP contribution in [0.1, 0.15) is 34.6 Å². The van der Waals surface area contributed by atoms with E-state index in [4.69, 9.17) is 90.0 Å². The maximum absolute atomic E-state index is 13.1. The quantitative estimate of drug-likeness (QED) is 0.0290. The first-order valence-electron chi connectivity index (χ1n) is 40.1. The van der Waals surface area contributed by atoms with Gasteiger partial charge in [0.15, 0.2) is 62.9 Å². The van der Waals surface area contributed by atoms with Gasteiger partial charge in [0.05, 0.1) is 66.1 Å². The maximum Gasteiger partial charge on any atom is 0.217 e. The first-order chi connectivity index (χ1) is 59.6. The van der Waals surface area contributed by atoms with Crippen LogP contribution in [0.2, 0.25) is 0 Å². The third kappa shape index (κ3) is 22.9. The first-order valence-corrected chi connectivity index (χ1v) is 40.1. The number of nitrogens with one attached hydrogen (secondary N) is 5. The van der Waals surface area contributed by atoms with Gasteiger partial charge in [-0.05, 0) is 0 Å². The molecule has 0 aromatic heterocycles. The van der Waals surface area contributed by atoms with Gasteiger partial charge in [-0.2, -0.15) is 0 Å². The number of rotatable bonds is 33. The van der Waals surface area contributed by atoms with E-state index in [1.807, 2.05) is 0 Å². The summed E-state index contributed by atoms with van der Waals surface area (Å²) < 4.78 is 111.